The summed E-state index contributed by atoms with van der Waals surface area (Å²) in [6.45, 7) is 5.32. The van der Waals surface area contributed by atoms with Crippen LogP contribution in [0, 0.1) is 0 Å². The molecular formula is C12H18BrNOS. The van der Waals surface area contributed by atoms with Gasteiger partial charge in [0.05, 0.1) is 5.60 Å². The highest BCUT2D eigenvalue weighted by Crippen LogP contribution is 2.32. The van der Waals surface area contributed by atoms with Crippen molar-refractivity contribution in [2.75, 3.05) is 19.6 Å². The Labute approximate surface area is 109 Å². The Morgan fingerprint density at radius 2 is 2.19 bits per heavy atom. The number of piperidine rings is 1. The average Bonchev–Trinajstić information content (AvgIpc) is 2.65. The number of nitrogens with zero attached hydrogens (tertiary/aromatic N) is 1. The molecule has 0 saturated carbocycles. The summed E-state index contributed by atoms with van der Waals surface area (Å²) in [6, 6.07) is 2.06. The van der Waals surface area contributed by atoms with Gasteiger partial charge in [0.1, 0.15) is 0 Å². The Kier molecular flexibility index (Phi) is 4.06. The van der Waals surface area contributed by atoms with Crippen LogP contribution in [0.2, 0.25) is 0 Å². The highest BCUT2D eigenvalue weighted by atomic mass is 79.9. The van der Waals surface area contributed by atoms with Crippen molar-refractivity contribution in [3.8, 4) is 0 Å². The van der Waals surface area contributed by atoms with Crippen LogP contribution < -0.4 is 0 Å². The van der Waals surface area contributed by atoms with Crippen LogP contribution >= 0.6 is 27.3 Å². The van der Waals surface area contributed by atoms with E-state index in [-0.39, 0.29) is 0 Å². The van der Waals surface area contributed by atoms with E-state index in [9.17, 15) is 5.11 Å². The molecule has 0 radical (unpaired) electrons. The number of thiophene rings is 1. The van der Waals surface area contributed by atoms with Crippen LogP contribution in [0.25, 0.3) is 0 Å². The third kappa shape index (κ3) is 2.86. The van der Waals surface area contributed by atoms with Crippen LogP contribution in [-0.4, -0.2) is 35.2 Å². The molecule has 0 aliphatic carbocycles. The number of hydrogen-bond donors (Lipinski definition) is 1. The molecule has 4 heteroatoms. The van der Waals surface area contributed by atoms with Crippen molar-refractivity contribution in [1.29, 1.82) is 0 Å². The molecule has 1 saturated heterocycles. The molecule has 16 heavy (non-hydrogen) atoms. The molecule has 1 aliphatic rings. The topological polar surface area (TPSA) is 23.5 Å². The zero-order valence-electron chi connectivity index (χ0n) is 9.58. The molecule has 0 aromatic carbocycles. The van der Waals surface area contributed by atoms with E-state index in [2.05, 4.69) is 39.2 Å². The molecular weight excluding hydrogens is 286 g/mol. The average molecular weight is 304 g/mol. The van der Waals surface area contributed by atoms with Crippen molar-refractivity contribution in [2.45, 2.75) is 31.8 Å². The van der Waals surface area contributed by atoms with Crippen LogP contribution in [0.4, 0.5) is 0 Å². The molecule has 1 N–H and O–H groups in total. The second kappa shape index (κ2) is 5.17. The zero-order valence-corrected chi connectivity index (χ0v) is 12.0. The number of hydrogen-bond acceptors (Lipinski definition) is 3. The summed E-state index contributed by atoms with van der Waals surface area (Å²) in [6.07, 6.45) is 2.58. The van der Waals surface area contributed by atoms with Gasteiger partial charge in [0.15, 0.2) is 0 Å². The van der Waals surface area contributed by atoms with E-state index < -0.39 is 5.60 Å². The van der Waals surface area contributed by atoms with Gasteiger partial charge in [-0.15, -0.1) is 11.3 Å². The van der Waals surface area contributed by atoms with Crippen molar-refractivity contribution in [3.05, 3.63) is 20.8 Å². The summed E-state index contributed by atoms with van der Waals surface area (Å²) in [4.78, 5) is 3.67. The Hall–Kier alpha value is 0.100. The van der Waals surface area contributed by atoms with Gasteiger partial charge in [0, 0.05) is 28.9 Å². The van der Waals surface area contributed by atoms with E-state index >= 15 is 0 Å². The lowest BCUT2D eigenvalue weighted by Gasteiger charge is -2.37. The van der Waals surface area contributed by atoms with E-state index in [1.165, 1.54) is 4.88 Å². The second-order valence-electron chi connectivity index (χ2n) is 4.53. The van der Waals surface area contributed by atoms with Gasteiger partial charge >= 0.3 is 0 Å². The fraction of sp³-hybridized carbons (Fsp3) is 0.667. The van der Waals surface area contributed by atoms with Crippen LogP contribution in [0.1, 0.15) is 24.6 Å². The van der Waals surface area contributed by atoms with E-state index in [0.717, 1.165) is 43.4 Å². The van der Waals surface area contributed by atoms with Crippen molar-refractivity contribution >= 4 is 27.3 Å². The van der Waals surface area contributed by atoms with Crippen molar-refractivity contribution in [2.24, 2.45) is 0 Å². The summed E-state index contributed by atoms with van der Waals surface area (Å²) in [7, 11) is 0. The molecule has 0 atom stereocenters. The summed E-state index contributed by atoms with van der Waals surface area (Å²) >= 11 is 5.26. The molecule has 0 spiro atoms. The van der Waals surface area contributed by atoms with Gasteiger partial charge in [-0.1, -0.05) is 6.92 Å². The predicted octanol–water partition coefficient (Wildman–Crippen LogP) is 2.90. The van der Waals surface area contributed by atoms with Gasteiger partial charge in [-0.3, -0.25) is 0 Å². The van der Waals surface area contributed by atoms with Crippen molar-refractivity contribution < 1.29 is 5.11 Å². The van der Waals surface area contributed by atoms with Gasteiger partial charge in [0.2, 0.25) is 0 Å². The molecule has 1 aliphatic heterocycles. The van der Waals surface area contributed by atoms with Crippen LogP contribution in [0.15, 0.2) is 15.9 Å². The van der Waals surface area contributed by atoms with E-state index in [1.807, 2.05) is 0 Å². The lowest BCUT2D eigenvalue weighted by atomic mass is 9.88. The van der Waals surface area contributed by atoms with Gasteiger partial charge in [-0.25, -0.2) is 0 Å². The number of halogens is 1. The fourth-order valence-corrected chi connectivity index (χ4v) is 3.84. The molecule has 2 rings (SSSR count). The number of likely N-dealkylation sites (tertiary alicyclic amines) is 1. The van der Waals surface area contributed by atoms with E-state index in [4.69, 9.17) is 0 Å². The normalized spacial score (nSPS) is 21.2. The number of aliphatic hydroxyl groups is 1. The quantitative estimate of drug-likeness (QED) is 0.928. The van der Waals surface area contributed by atoms with Gasteiger partial charge in [-0.2, -0.15) is 0 Å². The zero-order chi connectivity index (χ0) is 11.6. The van der Waals surface area contributed by atoms with Crippen molar-refractivity contribution in [3.63, 3.8) is 0 Å². The minimum Gasteiger partial charge on any atom is -0.389 e. The Morgan fingerprint density at radius 1 is 1.50 bits per heavy atom. The first-order valence-electron chi connectivity index (χ1n) is 5.79. The van der Waals surface area contributed by atoms with Gasteiger partial charge < -0.3 is 10.0 Å². The second-order valence-corrected chi connectivity index (χ2v) is 6.38. The highest BCUT2D eigenvalue weighted by molar-refractivity contribution is 9.10. The van der Waals surface area contributed by atoms with E-state index in [1.54, 1.807) is 11.3 Å². The van der Waals surface area contributed by atoms with Crippen molar-refractivity contribution in [1.82, 2.24) is 4.90 Å². The molecule has 1 aromatic rings. The van der Waals surface area contributed by atoms with Gasteiger partial charge in [0.25, 0.3) is 0 Å². The maximum Gasteiger partial charge on any atom is 0.0720 e. The SMILES string of the molecule is CCN1CCC(O)(Cc2sccc2Br)CC1. The van der Waals surface area contributed by atoms with Crippen LogP contribution in [0.3, 0.4) is 0 Å². The third-order valence-electron chi connectivity index (χ3n) is 3.41. The predicted molar refractivity (Wildman–Crippen MR) is 72.0 cm³/mol. The first-order valence-corrected chi connectivity index (χ1v) is 7.47. The lowest BCUT2D eigenvalue weighted by molar-refractivity contribution is -0.0189. The molecule has 1 aromatic heterocycles. The lowest BCUT2D eigenvalue weighted by Crippen LogP contribution is -2.45. The third-order valence-corrected chi connectivity index (χ3v) is 5.34. The first kappa shape index (κ1) is 12.6. The van der Waals surface area contributed by atoms with E-state index in [0.29, 0.717) is 0 Å². The minimum absolute atomic E-state index is 0.487. The first-order chi connectivity index (χ1) is 7.63. The summed E-state index contributed by atoms with van der Waals surface area (Å²) in [5.74, 6) is 0. The van der Waals surface area contributed by atoms with Crippen LogP contribution in [-0.2, 0) is 6.42 Å². The molecule has 2 nitrogen and oxygen atoms in total. The summed E-state index contributed by atoms with van der Waals surface area (Å²) in [5.41, 5.74) is -0.487. The standard InChI is InChI=1S/C12H18BrNOS/c1-2-14-6-4-12(15,5-7-14)9-11-10(13)3-8-16-11/h3,8,15H,2,4-7,9H2,1H3. The summed E-state index contributed by atoms with van der Waals surface area (Å²) in [5, 5.41) is 12.6. The Bertz CT molecular complexity index is 345. The number of rotatable bonds is 3. The smallest absolute Gasteiger partial charge is 0.0720 e. The van der Waals surface area contributed by atoms with Crippen LogP contribution in [0.5, 0.6) is 0 Å². The molecule has 0 amide bonds. The highest BCUT2D eigenvalue weighted by Gasteiger charge is 2.32. The Balaban J connectivity index is 1.97. The largest absolute Gasteiger partial charge is 0.389 e. The maximum atomic E-state index is 10.5. The summed E-state index contributed by atoms with van der Waals surface area (Å²) < 4.78 is 1.14. The molecule has 1 fully saturated rings. The molecule has 90 valence electrons. The molecule has 0 bridgehead atoms. The molecule has 2 heterocycles. The monoisotopic (exact) mass is 303 g/mol. The minimum atomic E-state index is -0.487. The molecule has 0 unspecified atom stereocenters. The fourth-order valence-electron chi connectivity index (χ4n) is 2.21. The van der Waals surface area contributed by atoms with Gasteiger partial charge in [-0.05, 0) is 46.8 Å². The Morgan fingerprint density at radius 3 is 2.69 bits per heavy atom. The maximum absolute atomic E-state index is 10.5.